The molecular weight excluding hydrogens is 761 g/mol. The van der Waals surface area contributed by atoms with Crippen molar-refractivity contribution in [1.29, 1.82) is 0 Å². The van der Waals surface area contributed by atoms with Gasteiger partial charge in [-0.25, -0.2) is 0 Å². The fourth-order valence-corrected chi connectivity index (χ4v) is 4.40. The van der Waals surface area contributed by atoms with E-state index < -0.39 is 63.6 Å². The van der Waals surface area contributed by atoms with Crippen molar-refractivity contribution in [3.05, 3.63) is 72.8 Å². The van der Waals surface area contributed by atoms with Crippen LogP contribution in [0.3, 0.4) is 0 Å². The number of hydrogen-bond acceptors (Lipinski definition) is 6. The smallest absolute Gasteiger partial charge is 0.378 e. The highest BCUT2D eigenvalue weighted by molar-refractivity contribution is 8.00. The van der Waals surface area contributed by atoms with Crippen LogP contribution in [0.4, 0.5) is 103 Å². The van der Waals surface area contributed by atoms with Crippen LogP contribution >= 0.6 is 11.8 Å². The third-order valence-electron chi connectivity index (χ3n) is 6.55. The summed E-state index contributed by atoms with van der Waals surface area (Å²) in [5.41, 5.74) is 1.80. The summed E-state index contributed by atoms with van der Waals surface area (Å²) < 4.78 is 229. The van der Waals surface area contributed by atoms with E-state index in [0.717, 1.165) is 17.8 Å². The predicted octanol–water partition coefficient (Wildman–Crippen LogP) is 12.6. The first-order chi connectivity index (χ1) is 23.0. The summed E-state index contributed by atoms with van der Waals surface area (Å²) in [6, 6.07) is 15.2. The third kappa shape index (κ3) is 7.57. The van der Waals surface area contributed by atoms with Gasteiger partial charge < -0.3 is 4.90 Å². The molecule has 0 amide bonds. The van der Waals surface area contributed by atoms with E-state index in [-0.39, 0.29) is 11.4 Å². The van der Waals surface area contributed by atoms with Gasteiger partial charge in [0, 0.05) is 24.7 Å². The van der Waals surface area contributed by atoms with Crippen LogP contribution in [0.2, 0.25) is 0 Å². The predicted molar refractivity (Wildman–Crippen MR) is 149 cm³/mol. The van der Waals surface area contributed by atoms with Crippen molar-refractivity contribution in [3.63, 3.8) is 0 Å². The first kappa shape index (κ1) is 41.2. The molecule has 0 aromatic heterocycles. The van der Waals surface area contributed by atoms with Gasteiger partial charge in [-0.1, -0.05) is 0 Å². The second-order valence-corrected chi connectivity index (χ2v) is 11.6. The van der Waals surface area contributed by atoms with Crippen LogP contribution < -0.4 is 4.90 Å². The molecule has 0 aliphatic heterocycles. The number of halogens is 17. The molecule has 0 atom stereocenters. The number of rotatable bonds is 13. The highest BCUT2D eigenvalue weighted by atomic mass is 32.2. The van der Waals surface area contributed by atoms with E-state index in [1.54, 1.807) is 12.1 Å². The number of anilines is 1. The lowest BCUT2D eigenvalue weighted by atomic mass is 9.91. The van der Waals surface area contributed by atoms with Gasteiger partial charge in [-0.05, 0) is 84.6 Å². The molecule has 0 saturated heterocycles. The van der Waals surface area contributed by atoms with Gasteiger partial charge in [0.25, 0.3) is 0 Å². The Bertz CT molecular complexity index is 1710. The highest BCUT2D eigenvalue weighted by Gasteiger charge is 2.95. The number of hydrogen-bond donors (Lipinski definition) is 0. The zero-order chi connectivity index (χ0) is 39.1. The van der Waals surface area contributed by atoms with Crippen molar-refractivity contribution in [3.8, 4) is 0 Å². The molecule has 0 bridgehead atoms. The minimum atomic E-state index is -8.68. The van der Waals surface area contributed by atoms with Crippen molar-refractivity contribution in [2.24, 2.45) is 20.5 Å². The molecule has 0 unspecified atom stereocenters. The van der Waals surface area contributed by atoms with Crippen molar-refractivity contribution >= 4 is 40.2 Å². The molecule has 0 saturated carbocycles. The molecule has 0 radical (unpaired) electrons. The first-order valence-electron chi connectivity index (χ1n) is 13.2. The number of thioether (sulfide) groups is 1. The van der Waals surface area contributed by atoms with Crippen LogP contribution in [0, 0.1) is 0 Å². The van der Waals surface area contributed by atoms with E-state index in [0.29, 0.717) is 23.5 Å². The number of azo groups is 2. The first-order valence-corrected chi connectivity index (χ1v) is 14.1. The summed E-state index contributed by atoms with van der Waals surface area (Å²) >= 11 is -1.70. The van der Waals surface area contributed by atoms with Crippen molar-refractivity contribution in [2.45, 2.75) is 51.9 Å². The van der Waals surface area contributed by atoms with Crippen molar-refractivity contribution < 1.29 is 74.6 Å². The normalized spacial score (nSPS) is 14.5. The van der Waals surface area contributed by atoms with E-state index in [1.807, 2.05) is 31.1 Å². The van der Waals surface area contributed by atoms with Crippen LogP contribution in [0.15, 0.2) is 98.1 Å². The summed E-state index contributed by atoms with van der Waals surface area (Å²) in [5, 5.41) is 8.92. The largest absolute Gasteiger partial charge is 0.460 e. The summed E-state index contributed by atoms with van der Waals surface area (Å²) in [4.78, 5) is 0.696. The minimum Gasteiger partial charge on any atom is -0.378 e. The topological polar surface area (TPSA) is 52.7 Å². The van der Waals surface area contributed by atoms with Gasteiger partial charge in [0.05, 0.1) is 22.7 Å². The summed E-state index contributed by atoms with van der Waals surface area (Å²) in [6.45, 7) is 0. The van der Waals surface area contributed by atoms with Gasteiger partial charge in [0.2, 0.25) is 0 Å². The van der Waals surface area contributed by atoms with E-state index in [4.69, 9.17) is 0 Å². The molecule has 3 aromatic carbocycles. The van der Waals surface area contributed by atoms with Crippen molar-refractivity contribution in [1.82, 2.24) is 0 Å². The Morgan fingerprint density at radius 2 is 0.667 bits per heavy atom. The molecule has 23 heteroatoms. The van der Waals surface area contributed by atoms with E-state index in [2.05, 4.69) is 20.5 Å². The van der Waals surface area contributed by atoms with E-state index in [9.17, 15) is 74.6 Å². The maximum atomic E-state index is 14.3. The average molecular weight is 780 g/mol. The maximum absolute atomic E-state index is 14.3. The lowest BCUT2D eigenvalue weighted by Crippen LogP contribution is -2.74. The average Bonchev–Trinajstić information content (AvgIpc) is 3.02. The van der Waals surface area contributed by atoms with Crippen molar-refractivity contribution in [2.75, 3.05) is 19.0 Å². The van der Waals surface area contributed by atoms with Gasteiger partial charge in [-0.3, -0.25) is 0 Å². The zero-order valence-electron chi connectivity index (χ0n) is 25.0. The van der Waals surface area contributed by atoms with E-state index in [1.165, 1.54) is 24.3 Å². The molecule has 0 fully saturated rings. The van der Waals surface area contributed by atoms with Crippen LogP contribution in [0.1, 0.15) is 0 Å². The molecule has 3 aromatic rings. The Morgan fingerprint density at radius 1 is 0.392 bits per heavy atom. The third-order valence-corrected chi connectivity index (χ3v) is 7.57. The standard InChI is InChI=1S/C28H18F17N5S/c1-50(2)19-11-7-17(8-12-19)48-46-15-3-5-16(6-4-15)47-49-18-9-13-20(14-10-18)51-28(44,45)26(39,40)24(35,36)22(31,32)21(29,30)23(33,34)25(37,38)27(41,42)43/h3-14H,1-2H3. The van der Waals surface area contributed by atoms with Gasteiger partial charge in [0.1, 0.15) is 0 Å². The lowest BCUT2D eigenvalue weighted by molar-refractivity contribution is -0.458. The van der Waals surface area contributed by atoms with Crippen LogP contribution in [0.5, 0.6) is 0 Å². The molecular formula is C28H18F17N5S. The quantitative estimate of drug-likeness (QED) is 0.0986. The fourth-order valence-electron chi connectivity index (χ4n) is 3.58. The van der Waals surface area contributed by atoms with Gasteiger partial charge >= 0.3 is 47.0 Å². The molecule has 51 heavy (non-hydrogen) atoms. The second kappa shape index (κ2) is 13.7. The molecule has 0 spiro atoms. The van der Waals surface area contributed by atoms with Crippen LogP contribution in [0.25, 0.3) is 0 Å². The fraction of sp³-hybridized carbons (Fsp3) is 0.357. The maximum Gasteiger partial charge on any atom is 0.460 e. The number of benzene rings is 3. The van der Waals surface area contributed by atoms with Gasteiger partial charge in [-0.2, -0.15) is 95.1 Å². The van der Waals surface area contributed by atoms with Crippen LogP contribution in [-0.2, 0) is 0 Å². The summed E-state index contributed by atoms with van der Waals surface area (Å²) in [5.74, 6) is -50.2. The van der Waals surface area contributed by atoms with Crippen LogP contribution in [-0.4, -0.2) is 61.1 Å². The Balaban J connectivity index is 1.75. The number of nitrogens with zero attached hydrogens (tertiary/aromatic N) is 5. The highest BCUT2D eigenvalue weighted by Crippen LogP contribution is 2.65. The second-order valence-electron chi connectivity index (χ2n) is 10.4. The molecule has 0 N–H and O–H groups in total. The summed E-state index contributed by atoms with van der Waals surface area (Å²) in [6.07, 6.45) is -7.81. The van der Waals surface area contributed by atoms with Gasteiger partial charge in [-0.15, -0.1) is 0 Å². The number of alkyl halides is 17. The Kier molecular flexibility index (Phi) is 11.1. The summed E-state index contributed by atoms with van der Waals surface area (Å²) in [7, 11) is 3.70. The minimum absolute atomic E-state index is 0.174. The molecule has 5 nitrogen and oxygen atoms in total. The molecule has 0 aliphatic rings. The lowest BCUT2D eigenvalue weighted by Gasteiger charge is -2.42. The monoisotopic (exact) mass is 779 g/mol. The molecule has 3 rings (SSSR count). The molecule has 0 heterocycles. The Morgan fingerprint density at radius 3 is 0.980 bits per heavy atom. The molecule has 280 valence electrons. The molecule has 0 aliphatic carbocycles. The zero-order valence-corrected chi connectivity index (χ0v) is 25.8. The SMILES string of the molecule is CN(C)c1ccc(N=Nc2ccc(N=Nc3ccc(SC(F)(F)C(F)(F)C(F)(F)C(F)(F)C(F)(F)C(F)(F)C(F)(F)C(F)(F)F)cc3)cc2)cc1. The van der Waals surface area contributed by atoms with E-state index >= 15 is 0 Å². The Hall–Kier alpha value is -4.18. The van der Waals surface area contributed by atoms with Gasteiger partial charge in [0.15, 0.2) is 0 Å². The Labute approximate surface area is 279 Å².